The number of amides is 2. The van der Waals surface area contributed by atoms with E-state index in [4.69, 9.17) is 15.3 Å². The van der Waals surface area contributed by atoms with Crippen molar-refractivity contribution in [3.05, 3.63) is 24.3 Å². The van der Waals surface area contributed by atoms with E-state index in [-0.39, 0.29) is 50.7 Å². The Kier molecular flexibility index (Phi) is 6.99. The smallest absolute Gasteiger partial charge is 0.228 e. The molecule has 0 N–H and O–H groups in total. The molecule has 0 spiro atoms. The van der Waals surface area contributed by atoms with Crippen molar-refractivity contribution in [1.82, 2.24) is 4.90 Å². The number of benzene rings is 1. The molecule has 1 atom stereocenters. The Labute approximate surface area is 153 Å². The summed E-state index contributed by atoms with van der Waals surface area (Å²) in [5, 5.41) is 17.5. The van der Waals surface area contributed by atoms with Crippen LogP contribution >= 0.6 is 0 Å². The lowest BCUT2D eigenvalue weighted by atomic mass is 10.1. The van der Waals surface area contributed by atoms with Crippen LogP contribution < -0.4 is 9.64 Å². The van der Waals surface area contributed by atoms with Gasteiger partial charge in [-0.15, -0.1) is 0 Å². The Balaban J connectivity index is 2.14. The summed E-state index contributed by atoms with van der Waals surface area (Å²) in [6, 6.07) is 11.3. The van der Waals surface area contributed by atoms with Crippen molar-refractivity contribution in [3.8, 4) is 17.9 Å². The van der Waals surface area contributed by atoms with Gasteiger partial charge in [0.25, 0.3) is 0 Å². The molecule has 1 fully saturated rings. The highest BCUT2D eigenvalue weighted by Crippen LogP contribution is 2.33. The van der Waals surface area contributed by atoms with E-state index in [9.17, 15) is 9.59 Å². The van der Waals surface area contributed by atoms with Crippen LogP contribution in [0.5, 0.6) is 5.75 Å². The first-order chi connectivity index (χ1) is 12.6. The van der Waals surface area contributed by atoms with Crippen LogP contribution in [0.2, 0.25) is 0 Å². The summed E-state index contributed by atoms with van der Waals surface area (Å²) in [6.07, 6.45) is 0.526. The van der Waals surface area contributed by atoms with Crippen molar-refractivity contribution in [2.45, 2.75) is 26.2 Å². The Morgan fingerprint density at radius 1 is 1.27 bits per heavy atom. The van der Waals surface area contributed by atoms with Gasteiger partial charge in [-0.3, -0.25) is 9.59 Å². The number of hydrogen-bond acceptors (Lipinski definition) is 5. The summed E-state index contributed by atoms with van der Waals surface area (Å²) in [4.78, 5) is 28.4. The highest BCUT2D eigenvalue weighted by Gasteiger charge is 2.38. The summed E-state index contributed by atoms with van der Waals surface area (Å²) < 4.78 is 5.59. The molecule has 1 aliphatic heterocycles. The lowest BCUT2D eigenvalue weighted by molar-refractivity contribution is -0.135. The van der Waals surface area contributed by atoms with Gasteiger partial charge in [0.05, 0.1) is 43.2 Å². The summed E-state index contributed by atoms with van der Waals surface area (Å²) in [5.41, 5.74) is 0.662. The number of ether oxygens (including phenoxy) is 1. The van der Waals surface area contributed by atoms with Crippen molar-refractivity contribution in [1.29, 1.82) is 10.5 Å². The lowest BCUT2D eigenvalue weighted by Gasteiger charge is -2.24. The molecule has 1 heterocycles. The van der Waals surface area contributed by atoms with Crippen LogP contribution in [0.15, 0.2) is 24.3 Å². The molecule has 0 saturated carbocycles. The quantitative estimate of drug-likeness (QED) is 0.712. The second-order valence-electron chi connectivity index (χ2n) is 5.95. The molecule has 0 aromatic heterocycles. The molecule has 0 radical (unpaired) electrons. The largest absolute Gasteiger partial charge is 0.492 e. The predicted molar refractivity (Wildman–Crippen MR) is 95.1 cm³/mol. The Morgan fingerprint density at radius 3 is 2.54 bits per heavy atom. The van der Waals surface area contributed by atoms with Gasteiger partial charge in [0, 0.05) is 26.1 Å². The third kappa shape index (κ3) is 4.52. The van der Waals surface area contributed by atoms with Gasteiger partial charge in [-0.1, -0.05) is 12.1 Å². The van der Waals surface area contributed by atoms with E-state index in [2.05, 4.69) is 0 Å². The number of para-hydroxylation sites is 2. The maximum Gasteiger partial charge on any atom is 0.228 e. The van der Waals surface area contributed by atoms with Crippen LogP contribution in [0.1, 0.15) is 26.2 Å². The zero-order valence-corrected chi connectivity index (χ0v) is 14.9. The molecule has 0 aliphatic carbocycles. The van der Waals surface area contributed by atoms with Gasteiger partial charge in [0.1, 0.15) is 5.75 Å². The molecular formula is C19H22N4O3. The first kappa shape index (κ1) is 19.3. The number of carbonyl (C=O) groups is 2. The van der Waals surface area contributed by atoms with Crippen molar-refractivity contribution >= 4 is 17.5 Å². The van der Waals surface area contributed by atoms with Crippen LogP contribution in [-0.2, 0) is 9.59 Å². The third-order valence-electron chi connectivity index (χ3n) is 4.23. The standard InChI is InChI=1S/C19H22N4O3/c1-2-26-17-8-4-3-7-16(17)23-14-15(13-18(23)24)19(25)22(11-5-9-20)12-6-10-21/h3-4,7-8,15H,2,5-6,11-14H2,1H3. The number of carbonyl (C=O) groups excluding carboxylic acids is 2. The molecule has 2 rings (SSSR count). The van der Waals surface area contributed by atoms with Crippen molar-refractivity contribution in [2.24, 2.45) is 5.92 Å². The number of nitrogens with zero attached hydrogens (tertiary/aromatic N) is 4. The van der Waals surface area contributed by atoms with E-state index < -0.39 is 5.92 Å². The molecule has 26 heavy (non-hydrogen) atoms. The predicted octanol–water partition coefficient (Wildman–Crippen LogP) is 2.09. The number of rotatable bonds is 8. The van der Waals surface area contributed by atoms with Crippen molar-refractivity contribution < 1.29 is 14.3 Å². The van der Waals surface area contributed by atoms with E-state index in [1.807, 2.05) is 31.2 Å². The molecule has 136 valence electrons. The summed E-state index contributed by atoms with van der Waals surface area (Å²) in [6.45, 7) is 3.18. The molecule has 0 bridgehead atoms. The summed E-state index contributed by atoms with van der Waals surface area (Å²) >= 11 is 0. The van der Waals surface area contributed by atoms with Gasteiger partial charge in [0.2, 0.25) is 11.8 Å². The minimum Gasteiger partial charge on any atom is -0.492 e. The average Bonchev–Trinajstić information content (AvgIpc) is 3.04. The molecule has 1 unspecified atom stereocenters. The zero-order chi connectivity index (χ0) is 18.9. The maximum absolute atomic E-state index is 12.8. The van der Waals surface area contributed by atoms with Gasteiger partial charge < -0.3 is 14.5 Å². The molecule has 7 heteroatoms. The van der Waals surface area contributed by atoms with E-state index >= 15 is 0 Å². The Hall–Kier alpha value is -3.06. The molecular weight excluding hydrogens is 332 g/mol. The summed E-state index contributed by atoms with van der Waals surface area (Å²) in [7, 11) is 0. The fraction of sp³-hybridized carbons (Fsp3) is 0.474. The highest BCUT2D eigenvalue weighted by atomic mass is 16.5. The Morgan fingerprint density at radius 2 is 1.92 bits per heavy atom. The van der Waals surface area contributed by atoms with Gasteiger partial charge in [-0.25, -0.2) is 0 Å². The van der Waals surface area contributed by atoms with E-state index in [0.29, 0.717) is 18.0 Å². The highest BCUT2D eigenvalue weighted by molar-refractivity contribution is 6.01. The lowest BCUT2D eigenvalue weighted by Crippen LogP contribution is -2.38. The third-order valence-corrected chi connectivity index (χ3v) is 4.23. The molecule has 1 saturated heterocycles. The van der Waals surface area contributed by atoms with E-state index in [0.717, 1.165) is 0 Å². The normalized spacial score (nSPS) is 16.0. The topological polar surface area (TPSA) is 97.4 Å². The number of nitriles is 2. The first-order valence-electron chi connectivity index (χ1n) is 8.67. The van der Waals surface area contributed by atoms with Crippen molar-refractivity contribution in [3.63, 3.8) is 0 Å². The van der Waals surface area contributed by atoms with Gasteiger partial charge in [0.15, 0.2) is 0 Å². The zero-order valence-electron chi connectivity index (χ0n) is 14.9. The second kappa shape index (κ2) is 9.43. The average molecular weight is 354 g/mol. The van der Waals surface area contributed by atoms with Crippen LogP contribution in [0.3, 0.4) is 0 Å². The van der Waals surface area contributed by atoms with E-state index in [1.165, 1.54) is 4.90 Å². The first-order valence-corrected chi connectivity index (χ1v) is 8.67. The molecule has 1 aromatic carbocycles. The van der Waals surface area contributed by atoms with Crippen LogP contribution in [-0.4, -0.2) is 43.0 Å². The SMILES string of the molecule is CCOc1ccccc1N1CC(C(=O)N(CCC#N)CCC#N)CC1=O. The van der Waals surface area contributed by atoms with Crippen LogP contribution in [0.25, 0.3) is 0 Å². The fourth-order valence-corrected chi connectivity index (χ4v) is 3.02. The van der Waals surface area contributed by atoms with E-state index in [1.54, 1.807) is 17.0 Å². The number of anilines is 1. The van der Waals surface area contributed by atoms with Crippen LogP contribution in [0.4, 0.5) is 5.69 Å². The van der Waals surface area contributed by atoms with Gasteiger partial charge >= 0.3 is 0 Å². The molecule has 2 amide bonds. The minimum atomic E-state index is -0.477. The second-order valence-corrected chi connectivity index (χ2v) is 5.95. The Bertz CT molecular complexity index is 717. The molecule has 7 nitrogen and oxygen atoms in total. The fourth-order valence-electron chi connectivity index (χ4n) is 3.02. The monoisotopic (exact) mass is 354 g/mol. The maximum atomic E-state index is 12.8. The summed E-state index contributed by atoms with van der Waals surface area (Å²) in [5.74, 6) is -0.173. The van der Waals surface area contributed by atoms with Gasteiger partial charge in [-0.05, 0) is 19.1 Å². The van der Waals surface area contributed by atoms with Crippen molar-refractivity contribution in [2.75, 3.05) is 31.1 Å². The van der Waals surface area contributed by atoms with Gasteiger partial charge in [-0.2, -0.15) is 10.5 Å². The number of hydrogen-bond donors (Lipinski definition) is 0. The van der Waals surface area contributed by atoms with Crippen LogP contribution in [0, 0.1) is 28.6 Å². The molecule has 1 aromatic rings. The molecule has 1 aliphatic rings. The minimum absolute atomic E-state index is 0.120.